The minimum absolute atomic E-state index is 0.0988. The van der Waals surface area contributed by atoms with Crippen molar-refractivity contribution in [2.75, 3.05) is 11.8 Å². The monoisotopic (exact) mass is 321 g/mol. The average molecular weight is 321 g/mol. The molecule has 0 atom stereocenters. The van der Waals surface area contributed by atoms with Crippen LogP contribution >= 0.6 is 0 Å². The predicted octanol–water partition coefficient (Wildman–Crippen LogP) is 2.51. The number of sulfonamides is 1. The number of anilines is 1. The Kier molecular flexibility index (Phi) is 3.45. The highest BCUT2D eigenvalue weighted by Gasteiger charge is 2.18. The minimum Gasteiger partial charge on any atom is -0.494 e. The zero-order valence-corrected chi connectivity index (χ0v) is 12.3. The number of ether oxygens (including phenoxy) is 1. The van der Waals surface area contributed by atoms with Crippen molar-refractivity contribution in [3.63, 3.8) is 0 Å². The third-order valence-electron chi connectivity index (χ3n) is 3.13. The van der Waals surface area contributed by atoms with E-state index in [1.807, 2.05) is 0 Å². The summed E-state index contributed by atoms with van der Waals surface area (Å²) < 4.78 is 45.5. The number of methoxy groups -OCH3 is 1. The Bertz CT molecular complexity index is 937. The Morgan fingerprint density at radius 2 is 2.09 bits per heavy atom. The van der Waals surface area contributed by atoms with E-state index in [-0.39, 0.29) is 10.6 Å². The number of para-hydroxylation sites is 1. The summed E-state index contributed by atoms with van der Waals surface area (Å²) in [6.45, 7) is 0. The van der Waals surface area contributed by atoms with Crippen molar-refractivity contribution in [3.8, 4) is 5.75 Å². The van der Waals surface area contributed by atoms with Gasteiger partial charge in [0.25, 0.3) is 10.0 Å². The molecule has 0 saturated heterocycles. The van der Waals surface area contributed by atoms with Gasteiger partial charge in [-0.15, -0.1) is 0 Å². The van der Waals surface area contributed by atoms with Crippen molar-refractivity contribution in [3.05, 3.63) is 48.5 Å². The Morgan fingerprint density at radius 1 is 1.27 bits per heavy atom. The fourth-order valence-electron chi connectivity index (χ4n) is 2.06. The molecular formula is C14H12FN3O3S. The third-order valence-corrected chi connectivity index (χ3v) is 4.49. The molecule has 22 heavy (non-hydrogen) atoms. The molecule has 0 unspecified atom stereocenters. The van der Waals surface area contributed by atoms with Crippen LogP contribution < -0.4 is 9.46 Å². The molecule has 2 N–H and O–H groups in total. The summed E-state index contributed by atoms with van der Waals surface area (Å²) in [5.74, 6) is -0.767. The van der Waals surface area contributed by atoms with Crippen LogP contribution in [0.25, 0.3) is 11.0 Å². The molecule has 0 bridgehead atoms. The van der Waals surface area contributed by atoms with E-state index in [2.05, 4.69) is 14.7 Å². The lowest BCUT2D eigenvalue weighted by molar-refractivity contribution is 0.385. The molecule has 0 aliphatic heterocycles. The molecule has 0 amide bonds. The molecule has 114 valence electrons. The highest BCUT2D eigenvalue weighted by Crippen LogP contribution is 2.26. The minimum atomic E-state index is -3.88. The van der Waals surface area contributed by atoms with Gasteiger partial charge in [-0.05, 0) is 24.3 Å². The first-order chi connectivity index (χ1) is 10.5. The number of halogens is 1. The largest absolute Gasteiger partial charge is 0.494 e. The Hall–Kier alpha value is -2.61. The lowest BCUT2D eigenvalue weighted by atomic mass is 10.3. The summed E-state index contributed by atoms with van der Waals surface area (Å²) in [6, 6.07) is 8.42. The average Bonchev–Trinajstić information content (AvgIpc) is 2.97. The van der Waals surface area contributed by atoms with E-state index in [0.717, 1.165) is 12.1 Å². The third kappa shape index (κ3) is 2.48. The van der Waals surface area contributed by atoms with Gasteiger partial charge in [0.2, 0.25) is 0 Å². The molecule has 3 rings (SSSR count). The van der Waals surface area contributed by atoms with E-state index in [9.17, 15) is 12.8 Å². The fraction of sp³-hybridized carbons (Fsp3) is 0.0714. The van der Waals surface area contributed by atoms with Gasteiger partial charge in [0.05, 0.1) is 29.5 Å². The number of aromatic nitrogens is 2. The van der Waals surface area contributed by atoms with E-state index in [0.29, 0.717) is 16.7 Å². The number of H-pyrrole nitrogens is 1. The fourth-order valence-corrected chi connectivity index (χ4v) is 3.14. The van der Waals surface area contributed by atoms with Crippen LogP contribution in [0.15, 0.2) is 47.6 Å². The molecule has 6 nitrogen and oxygen atoms in total. The summed E-state index contributed by atoms with van der Waals surface area (Å²) >= 11 is 0. The van der Waals surface area contributed by atoms with Gasteiger partial charge >= 0.3 is 0 Å². The second-order valence-corrected chi connectivity index (χ2v) is 6.19. The number of hydrogen-bond acceptors (Lipinski definition) is 4. The maximum absolute atomic E-state index is 13.4. The summed E-state index contributed by atoms with van der Waals surface area (Å²) in [6.07, 6.45) is 1.48. The zero-order valence-electron chi connectivity index (χ0n) is 11.5. The SMILES string of the molecule is COc1cc(S(=O)(=O)Nc2cccc3[nH]cnc23)ccc1F. The van der Waals surface area contributed by atoms with Gasteiger partial charge in [-0.1, -0.05) is 6.07 Å². The van der Waals surface area contributed by atoms with Crippen LogP contribution in [0.5, 0.6) is 5.75 Å². The van der Waals surface area contributed by atoms with E-state index in [4.69, 9.17) is 4.74 Å². The number of benzene rings is 2. The highest BCUT2D eigenvalue weighted by atomic mass is 32.2. The van der Waals surface area contributed by atoms with Crippen molar-refractivity contribution in [2.45, 2.75) is 4.90 Å². The van der Waals surface area contributed by atoms with E-state index >= 15 is 0 Å². The van der Waals surface area contributed by atoms with Gasteiger partial charge in [-0.25, -0.2) is 17.8 Å². The van der Waals surface area contributed by atoms with Gasteiger partial charge in [0, 0.05) is 6.07 Å². The predicted molar refractivity (Wildman–Crippen MR) is 79.9 cm³/mol. The molecule has 0 spiro atoms. The quantitative estimate of drug-likeness (QED) is 0.773. The van der Waals surface area contributed by atoms with E-state index in [1.54, 1.807) is 18.2 Å². The molecule has 0 aliphatic rings. The first-order valence-corrected chi connectivity index (χ1v) is 7.78. The van der Waals surface area contributed by atoms with Crippen molar-refractivity contribution in [2.24, 2.45) is 0 Å². The Balaban J connectivity index is 2.02. The first-order valence-electron chi connectivity index (χ1n) is 6.30. The number of imidazole rings is 1. The molecule has 0 saturated carbocycles. The molecular weight excluding hydrogens is 309 g/mol. The van der Waals surface area contributed by atoms with Crippen LogP contribution in [-0.2, 0) is 10.0 Å². The van der Waals surface area contributed by atoms with Gasteiger partial charge in [0.15, 0.2) is 11.6 Å². The number of nitrogens with one attached hydrogen (secondary N) is 2. The summed E-state index contributed by atoms with van der Waals surface area (Å²) in [5, 5.41) is 0. The van der Waals surface area contributed by atoms with Crippen molar-refractivity contribution in [1.29, 1.82) is 0 Å². The summed E-state index contributed by atoms with van der Waals surface area (Å²) in [7, 11) is -2.61. The zero-order chi connectivity index (χ0) is 15.7. The van der Waals surface area contributed by atoms with Gasteiger partial charge in [0.1, 0.15) is 5.52 Å². The number of fused-ring (bicyclic) bond motifs is 1. The standard InChI is InChI=1S/C14H12FN3O3S/c1-21-13-7-9(5-6-10(13)15)22(19,20)18-12-4-2-3-11-14(12)17-8-16-11/h2-8,18H,1H3,(H,16,17). The van der Waals surface area contributed by atoms with Crippen molar-refractivity contribution >= 4 is 26.7 Å². The highest BCUT2D eigenvalue weighted by molar-refractivity contribution is 7.92. The molecule has 0 fully saturated rings. The van der Waals surface area contributed by atoms with Crippen LogP contribution in [0.3, 0.4) is 0 Å². The lowest BCUT2D eigenvalue weighted by Crippen LogP contribution is -2.13. The Morgan fingerprint density at radius 3 is 2.86 bits per heavy atom. The molecule has 0 radical (unpaired) electrons. The number of nitrogens with zero attached hydrogens (tertiary/aromatic N) is 1. The van der Waals surface area contributed by atoms with Crippen LogP contribution in [0.4, 0.5) is 10.1 Å². The number of hydrogen-bond donors (Lipinski definition) is 2. The molecule has 8 heteroatoms. The smallest absolute Gasteiger partial charge is 0.262 e. The molecule has 0 aliphatic carbocycles. The lowest BCUT2D eigenvalue weighted by Gasteiger charge is -2.10. The van der Waals surface area contributed by atoms with E-state index < -0.39 is 15.8 Å². The van der Waals surface area contributed by atoms with Crippen LogP contribution in [-0.4, -0.2) is 25.5 Å². The van der Waals surface area contributed by atoms with E-state index in [1.165, 1.54) is 19.5 Å². The van der Waals surface area contributed by atoms with Crippen LogP contribution in [0.1, 0.15) is 0 Å². The summed E-state index contributed by atoms with van der Waals surface area (Å²) in [4.78, 5) is 6.87. The second-order valence-electron chi connectivity index (χ2n) is 4.51. The first kappa shape index (κ1) is 14.3. The van der Waals surface area contributed by atoms with Crippen LogP contribution in [0.2, 0.25) is 0 Å². The van der Waals surface area contributed by atoms with Gasteiger partial charge in [-0.2, -0.15) is 0 Å². The van der Waals surface area contributed by atoms with Crippen molar-refractivity contribution in [1.82, 2.24) is 9.97 Å². The molecule has 3 aromatic rings. The van der Waals surface area contributed by atoms with Gasteiger partial charge in [-0.3, -0.25) is 4.72 Å². The van der Waals surface area contributed by atoms with Crippen molar-refractivity contribution < 1.29 is 17.5 Å². The number of rotatable bonds is 4. The molecule has 2 aromatic carbocycles. The maximum Gasteiger partial charge on any atom is 0.262 e. The second kappa shape index (κ2) is 5.30. The molecule has 1 heterocycles. The maximum atomic E-state index is 13.4. The number of aromatic amines is 1. The van der Waals surface area contributed by atoms with Gasteiger partial charge < -0.3 is 9.72 Å². The topological polar surface area (TPSA) is 84.1 Å². The normalized spacial score (nSPS) is 11.5. The summed E-state index contributed by atoms with van der Waals surface area (Å²) in [5.41, 5.74) is 1.54. The Labute approximate surface area is 126 Å². The molecule has 1 aromatic heterocycles. The van der Waals surface area contributed by atoms with Crippen LogP contribution in [0, 0.1) is 5.82 Å².